The average Bonchev–Trinajstić information content (AvgIpc) is 3.77. The molecule has 2 bridgehead atoms. The number of benzene rings is 2. The minimum absolute atomic E-state index is 0.169. The van der Waals surface area contributed by atoms with Crippen molar-refractivity contribution in [2.45, 2.75) is 136 Å². The lowest BCUT2D eigenvalue weighted by atomic mass is 9.66. The van der Waals surface area contributed by atoms with Gasteiger partial charge in [0.05, 0.1) is 35.9 Å². The molecular formula is C51H66N4O9S. The number of ketones is 1. The van der Waals surface area contributed by atoms with Crippen LogP contribution in [0.4, 0.5) is 4.79 Å². The van der Waals surface area contributed by atoms with E-state index in [4.69, 9.17) is 28.8 Å². The van der Waals surface area contributed by atoms with Crippen LogP contribution < -0.4 is 0 Å². The van der Waals surface area contributed by atoms with Crippen molar-refractivity contribution in [1.29, 1.82) is 0 Å². The van der Waals surface area contributed by atoms with E-state index in [-0.39, 0.29) is 36.2 Å². The summed E-state index contributed by atoms with van der Waals surface area (Å²) < 4.78 is 25.7. The number of aliphatic hydroxyl groups is 1. The van der Waals surface area contributed by atoms with Crippen LogP contribution in [0, 0.1) is 40.9 Å². The SMILES string of the molecule is CC[C@H]1OC(=O)[C@H](C)C(=O)[C@H](C)[C@@H](OC2O[C@H](C)C[C@H](N(C)C)[C@H]2O)[C@@](C)(CC#Cc2ccc(/C=N\OCc3cccc4ccccc34)s2)C[C@@H](C)C2=NCCN3C(=O)O[C@@]1(C)[C@H]3[C@H]2C. The summed E-state index contributed by atoms with van der Waals surface area (Å²) >= 11 is 1.49. The van der Waals surface area contributed by atoms with Crippen molar-refractivity contribution in [2.75, 3.05) is 27.2 Å². The van der Waals surface area contributed by atoms with Gasteiger partial charge in [0.2, 0.25) is 0 Å². The van der Waals surface area contributed by atoms with Crippen LogP contribution in [0.2, 0.25) is 0 Å². The molecule has 350 valence electrons. The van der Waals surface area contributed by atoms with Gasteiger partial charge in [0, 0.05) is 46.8 Å². The lowest BCUT2D eigenvalue weighted by Crippen LogP contribution is -2.58. The quantitative estimate of drug-likeness (QED) is 0.0739. The topological polar surface area (TPSA) is 149 Å². The Hall–Kier alpha value is -4.65. The van der Waals surface area contributed by atoms with Gasteiger partial charge in [-0.2, -0.15) is 0 Å². The normalized spacial score (nSPS) is 34.6. The van der Waals surface area contributed by atoms with Gasteiger partial charge in [-0.25, -0.2) is 4.79 Å². The molecule has 0 spiro atoms. The maximum Gasteiger partial charge on any atom is 0.410 e. The number of thiophene rings is 1. The molecule has 14 heteroatoms. The molecule has 2 aromatic carbocycles. The Bertz CT molecular complexity index is 2330. The fourth-order valence-electron chi connectivity index (χ4n) is 10.9. The highest BCUT2D eigenvalue weighted by atomic mass is 32.1. The first kappa shape index (κ1) is 48.3. The van der Waals surface area contributed by atoms with E-state index in [2.05, 4.69) is 56.0 Å². The van der Waals surface area contributed by atoms with Crippen molar-refractivity contribution < 1.29 is 43.3 Å². The molecule has 13 nitrogen and oxygen atoms in total. The van der Waals surface area contributed by atoms with E-state index in [1.165, 1.54) is 11.3 Å². The third-order valence-corrected chi connectivity index (χ3v) is 15.1. The number of cyclic esters (lactones) is 1. The fraction of sp³-hybridized carbons (Fsp3) is 0.588. The first-order chi connectivity index (χ1) is 30.9. The van der Waals surface area contributed by atoms with Crippen molar-refractivity contribution in [3.8, 4) is 11.8 Å². The van der Waals surface area contributed by atoms with Crippen molar-refractivity contribution >= 4 is 51.9 Å². The first-order valence-electron chi connectivity index (χ1n) is 23.1. The molecule has 4 aliphatic heterocycles. The fourth-order valence-corrected chi connectivity index (χ4v) is 11.6. The number of rotatable bonds is 9. The molecule has 1 amide bonds. The summed E-state index contributed by atoms with van der Waals surface area (Å²) in [6.07, 6.45) is -1.04. The Morgan fingerprint density at radius 3 is 2.54 bits per heavy atom. The Kier molecular flexibility index (Phi) is 14.9. The minimum Gasteiger partial charge on any atom is -0.458 e. The molecule has 7 rings (SSSR count). The third-order valence-electron chi connectivity index (χ3n) is 14.2. The highest BCUT2D eigenvalue weighted by Crippen LogP contribution is 2.46. The first-order valence-corrected chi connectivity index (χ1v) is 23.9. The number of amides is 1. The summed E-state index contributed by atoms with van der Waals surface area (Å²) in [7, 11) is 3.83. The molecular weight excluding hydrogens is 845 g/mol. The number of fused-ring (bicyclic) bond motifs is 2. The molecule has 3 aromatic rings. The van der Waals surface area contributed by atoms with E-state index in [1.54, 1.807) is 25.0 Å². The van der Waals surface area contributed by atoms with Crippen LogP contribution in [0.15, 0.2) is 64.7 Å². The number of aliphatic imine (C=N–C) groups is 1. The highest BCUT2D eigenvalue weighted by molar-refractivity contribution is 7.14. The standard InChI is InChI=1S/C51H66N4O9S/c1-11-41-51(8)45-32(4)42(52-24-25-55(45)49(59)64-51)30(2)27-50(7,46(33(5)43(56)34(6)47(58)62-41)63-48-44(57)40(54(9)10)26-31(3)61-48)23-15-19-37-21-22-38(65-37)28-53-60-29-36-18-14-17-35-16-12-13-20-39(35)36/h12-14,16-18,20-22,28,30-34,40-41,44-46,48,57H,11,23-27,29H2,1-10H3/b53-28-/t30-,31-,32+,33+,34-,40+,41-,44-,45-,46-,48?,50+,51-/m1/s1. The summed E-state index contributed by atoms with van der Waals surface area (Å²) in [5.41, 5.74) is -0.0940. The third kappa shape index (κ3) is 10.1. The zero-order valence-corrected chi connectivity index (χ0v) is 40.3. The van der Waals surface area contributed by atoms with Crippen molar-refractivity contribution in [2.24, 2.45) is 39.2 Å². The lowest BCUT2D eigenvalue weighted by molar-refractivity contribution is -0.286. The zero-order chi connectivity index (χ0) is 46.8. The number of hydrogen-bond acceptors (Lipinski definition) is 13. The molecule has 3 saturated heterocycles. The minimum atomic E-state index is -1.19. The van der Waals surface area contributed by atoms with E-state index in [0.29, 0.717) is 39.0 Å². The molecule has 1 aromatic heterocycles. The number of ether oxygens (including phenoxy) is 4. The number of hydrogen-bond donors (Lipinski definition) is 1. The second-order valence-corrected chi connectivity index (χ2v) is 20.4. The molecule has 13 atom stereocenters. The number of carbonyl (C=O) groups excluding carboxylic acids is 3. The van der Waals surface area contributed by atoms with Crippen LogP contribution in [0.1, 0.15) is 96.4 Å². The van der Waals surface area contributed by atoms with Gasteiger partial charge in [-0.1, -0.05) is 94.1 Å². The van der Waals surface area contributed by atoms with Gasteiger partial charge < -0.3 is 33.8 Å². The average molecular weight is 911 g/mol. The number of likely N-dealkylation sites (N-methyl/N-ethyl adjacent to an activating group) is 1. The second kappa shape index (κ2) is 20.1. The summed E-state index contributed by atoms with van der Waals surface area (Å²) in [6, 6.07) is 17.5. The summed E-state index contributed by atoms with van der Waals surface area (Å²) in [5, 5.41) is 18.3. The van der Waals surface area contributed by atoms with E-state index >= 15 is 0 Å². The largest absolute Gasteiger partial charge is 0.458 e. The summed E-state index contributed by atoms with van der Waals surface area (Å²) in [4.78, 5) is 58.7. The predicted molar refractivity (Wildman–Crippen MR) is 252 cm³/mol. The highest BCUT2D eigenvalue weighted by Gasteiger charge is 2.60. The zero-order valence-electron chi connectivity index (χ0n) is 39.5. The Morgan fingerprint density at radius 1 is 1.03 bits per heavy atom. The Labute approximate surface area is 387 Å². The summed E-state index contributed by atoms with van der Waals surface area (Å²) in [5.74, 6) is 3.30. The Balaban J connectivity index is 1.22. The van der Waals surface area contributed by atoms with E-state index in [9.17, 15) is 19.5 Å². The monoisotopic (exact) mass is 910 g/mol. The van der Waals surface area contributed by atoms with Gasteiger partial charge in [0.15, 0.2) is 17.7 Å². The maximum atomic E-state index is 14.7. The molecule has 65 heavy (non-hydrogen) atoms. The van der Waals surface area contributed by atoms with Crippen molar-refractivity contribution in [1.82, 2.24) is 9.80 Å². The van der Waals surface area contributed by atoms with E-state index in [0.717, 1.165) is 31.8 Å². The van der Waals surface area contributed by atoms with E-state index < -0.39 is 65.6 Å². The van der Waals surface area contributed by atoms with E-state index in [1.807, 2.05) is 76.2 Å². The number of esters is 1. The molecule has 1 unspecified atom stereocenters. The smallest absolute Gasteiger partial charge is 0.410 e. The number of oxime groups is 1. The maximum absolute atomic E-state index is 14.7. The number of aliphatic hydroxyl groups excluding tert-OH is 1. The van der Waals surface area contributed by atoms with Crippen molar-refractivity contribution in [3.05, 3.63) is 69.9 Å². The van der Waals surface area contributed by atoms with Gasteiger partial charge in [-0.15, -0.1) is 11.3 Å². The van der Waals surface area contributed by atoms with Crippen LogP contribution in [-0.2, 0) is 40.0 Å². The van der Waals surface area contributed by atoms with Gasteiger partial charge in [-0.3, -0.25) is 19.5 Å². The molecule has 0 saturated carbocycles. The van der Waals surface area contributed by atoms with Gasteiger partial charge in [0.1, 0.15) is 24.7 Å². The van der Waals surface area contributed by atoms with Gasteiger partial charge >= 0.3 is 12.1 Å². The van der Waals surface area contributed by atoms with Crippen LogP contribution in [0.5, 0.6) is 0 Å². The Morgan fingerprint density at radius 2 is 1.78 bits per heavy atom. The van der Waals surface area contributed by atoms with Crippen LogP contribution in [-0.4, -0.2) is 120 Å². The van der Waals surface area contributed by atoms with Crippen molar-refractivity contribution in [3.63, 3.8) is 0 Å². The number of nitrogens with zero attached hydrogens (tertiary/aromatic N) is 4. The number of Topliss-reactive ketones (excluding diaryl/α,β-unsaturated/α-hetero) is 1. The molecule has 0 aliphatic carbocycles. The second-order valence-electron chi connectivity index (χ2n) is 19.2. The van der Waals surface area contributed by atoms with Gasteiger partial charge in [-0.05, 0) is 88.5 Å². The van der Waals surface area contributed by atoms with Crippen LogP contribution >= 0.6 is 11.3 Å². The van der Waals surface area contributed by atoms with Gasteiger partial charge in [0.25, 0.3) is 0 Å². The van der Waals surface area contributed by atoms with Crippen LogP contribution in [0.3, 0.4) is 0 Å². The number of carbonyl (C=O) groups is 3. The molecule has 5 heterocycles. The lowest BCUT2D eigenvalue weighted by Gasteiger charge is -2.47. The predicted octanol–water partition coefficient (Wildman–Crippen LogP) is 7.88. The molecule has 0 radical (unpaired) electrons. The molecule has 3 fully saturated rings. The molecule has 1 N–H and O–H groups in total. The molecule has 4 aliphatic rings. The summed E-state index contributed by atoms with van der Waals surface area (Å²) in [6.45, 7) is 16.4. The van der Waals surface area contributed by atoms with Crippen LogP contribution in [0.25, 0.3) is 10.8 Å².